The van der Waals surface area contributed by atoms with Crippen molar-refractivity contribution in [3.8, 4) is 6.07 Å². The van der Waals surface area contributed by atoms with Crippen LogP contribution < -0.4 is 5.32 Å². The summed E-state index contributed by atoms with van der Waals surface area (Å²) in [4.78, 5) is 54.1. The standard InChI is InChI=1S/C19H21N3O6/c1-19(2,3)27-18(26)21-14(10-6-7-11-20)17(25)28-22-15(23)12-8-4-5-9-13(12)16(22)24/h4-5,8-9,14H,6-7,10H2,1-3H3,(H,21,26). The first-order valence-corrected chi connectivity index (χ1v) is 8.70. The third-order valence-corrected chi connectivity index (χ3v) is 3.69. The lowest BCUT2D eigenvalue weighted by molar-refractivity contribution is -0.171. The zero-order valence-electron chi connectivity index (χ0n) is 15.9. The Kier molecular flexibility index (Phi) is 6.36. The minimum Gasteiger partial charge on any atom is -0.444 e. The minimum atomic E-state index is -1.19. The summed E-state index contributed by atoms with van der Waals surface area (Å²) in [6.07, 6.45) is -0.316. The molecular weight excluding hydrogens is 366 g/mol. The molecule has 0 aliphatic carbocycles. The van der Waals surface area contributed by atoms with Crippen LogP contribution in [0.5, 0.6) is 0 Å². The second-order valence-electron chi connectivity index (χ2n) is 7.11. The lowest BCUT2D eigenvalue weighted by Crippen LogP contribution is -2.47. The summed E-state index contributed by atoms with van der Waals surface area (Å²) in [5, 5.41) is 11.4. The number of imide groups is 1. The Labute approximate surface area is 162 Å². The van der Waals surface area contributed by atoms with E-state index in [0.717, 1.165) is 0 Å². The van der Waals surface area contributed by atoms with Crippen LogP contribution in [0.4, 0.5) is 4.79 Å². The Balaban J connectivity index is 2.10. The number of hydrogen-bond acceptors (Lipinski definition) is 7. The van der Waals surface area contributed by atoms with Gasteiger partial charge in [0, 0.05) is 6.42 Å². The Morgan fingerprint density at radius 2 is 1.75 bits per heavy atom. The molecule has 3 amide bonds. The number of carbonyl (C=O) groups is 4. The summed E-state index contributed by atoms with van der Waals surface area (Å²) in [5.41, 5.74) is -0.531. The van der Waals surface area contributed by atoms with Crippen molar-refractivity contribution in [2.75, 3.05) is 0 Å². The van der Waals surface area contributed by atoms with Gasteiger partial charge >= 0.3 is 12.1 Å². The highest BCUT2D eigenvalue weighted by atomic mass is 16.7. The van der Waals surface area contributed by atoms with Crippen molar-refractivity contribution in [1.29, 1.82) is 5.26 Å². The van der Waals surface area contributed by atoms with Crippen molar-refractivity contribution in [2.24, 2.45) is 0 Å². The van der Waals surface area contributed by atoms with Crippen LogP contribution in [0, 0.1) is 11.3 Å². The monoisotopic (exact) mass is 387 g/mol. The number of fused-ring (bicyclic) bond motifs is 1. The molecule has 1 heterocycles. The van der Waals surface area contributed by atoms with E-state index in [1.54, 1.807) is 32.9 Å². The van der Waals surface area contributed by atoms with Gasteiger partial charge in [0.25, 0.3) is 11.8 Å². The van der Waals surface area contributed by atoms with Crippen molar-refractivity contribution in [2.45, 2.75) is 51.7 Å². The number of hydroxylamine groups is 2. The highest BCUT2D eigenvalue weighted by Gasteiger charge is 2.40. The van der Waals surface area contributed by atoms with E-state index < -0.39 is 35.5 Å². The number of hydrogen-bond donors (Lipinski definition) is 1. The van der Waals surface area contributed by atoms with E-state index in [1.807, 2.05) is 6.07 Å². The van der Waals surface area contributed by atoms with Gasteiger partial charge in [-0.25, -0.2) is 9.59 Å². The molecule has 0 fully saturated rings. The van der Waals surface area contributed by atoms with Gasteiger partial charge in [0.1, 0.15) is 11.6 Å². The first-order valence-electron chi connectivity index (χ1n) is 8.70. The van der Waals surface area contributed by atoms with Crippen LogP contribution >= 0.6 is 0 Å². The van der Waals surface area contributed by atoms with Crippen LogP contribution in [0.2, 0.25) is 0 Å². The van der Waals surface area contributed by atoms with Gasteiger partial charge in [0.15, 0.2) is 0 Å². The molecule has 9 heteroatoms. The molecule has 0 spiro atoms. The van der Waals surface area contributed by atoms with Crippen molar-refractivity contribution in [1.82, 2.24) is 10.4 Å². The van der Waals surface area contributed by atoms with Crippen molar-refractivity contribution in [3.05, 3.63) is 35.4 Å². The largest absolute Gasteiger partial charge is 0.444 e. The van der Waals surface area contributed by atoms with Crippen LogP contribution in [0.15, 0.2) is 24.3 Å². The van der Waals surface area contributed by atoms with E-state index in [1.165, 1.54) is 12.1 Å². The average Bonchev–Trinajstić information content (AvgIpc) is 2.85. The second kappa shape index (κ2) is 8.52. The van der Waals surface area contributed by atoms with Crippen LogP contribution in [0.25, 0.3) is 0 Å². The number of alkyl carbamates (subject to hydrolysis) is 1. The van der Waals surface area contributed by atoms with E-state index in [9.17, 15) is 19.2 Å². The van der Waals surface area contributed by atoms with Gasteiger partial charge in [-0.05, 0) is 45.7 Å². The van der Waals surface area contributed by atoms with Crippen molar-refractivity contribution < 1.29 is 28.8 Å². The Hall–Kier alpha value is -3.41. The van der Waals surface area contributed by atoms with E-state index >= 15 is 0 Å². The van der Waals surface area contributed by atoms with Gasteiger partial charge in [-0.2, -0.15) is 5.26 Å². The zero-order valence-corrected chi connectivity index (χ0v) is 15.9. The molecule has 9 nitrogen and oxygen atoms in total. The zero-order chi connectivity index (χ0) is 20.9. The maximum Gasteiger partial charge on any atom is 0.408 e. The Morgan fingerprint density at radius 3 is 2.25 bits per heavy atom. The molecule has 0 saturated carbocycles. The normalized spacial score (nSPS) is 14.1. The number of nitrogens with one attached hydrogen (secondary N) is 1. The number of benzene rings is 1. The van der Waals surface area contributed by atoms with Crippen LogP contribution in [0.1, 0.15) is 60.7 Å². The molecule has 1 aliphatic heterocycles. The molecule has 1 N–H and O–H groups in total. The fraction of sp³-hybridized carbons (Fsp3) is 0.421. The molecule has 1 aliphatic rings. The summed E-state index contributed by atoms with van der Waals surface area (Å²) in [5.74, 6) is -2.53. The quantitative estimate of drug-likeness (QED) is 0.586. The highest BCUT2D eigenvalue weighted by molar-refractivity contribution is 6.20. The number of unbranched alkanes of at least 4 members (excludes halogenated alkanes) is 1. The molecular formula is C19H21N3O6. The van der Waals surface area contributed by atoms with Gasteiger partial charge in [-0.1, -0.05) is 17.2 Å². The lowest BCUT2D eigenvalue weighted by Gasteiger charge is -2.23. The van der Waals surface area contributed by atoms with E-state index in [0.29, 0.717) is 11.5 Å². The number of carbonyl (C=O) groups excluding carboxylic acids is 4. The van der Waals surface area contributed by atoms with Crippen molar-refractivity contribution >= 4 is 23.9 Å². The maximum absolute atomic E-state index is 12.5. The average molecular weight is 387 g/mol. The fourth-order valence-corrected chi connectivity index (χ4v) is 2.49. The summed E-state index contributed by atoms with van der Waals surface area (Å²) in [7, 11) is 0. The summed E-state index contributed by atoms with van der Waals surface area (Å²) in [6, 6.07) is 6.83. The van der Waals surface area contributed by atoms with Crippen LogP contribution in [0.3, 0.4) is 0 Å². The van der Waals surface area contributed by atoms with Gasteiger partial charge in [-0.15, -0.1) is 0 Å². The first-order chi connectivity index (χ1) is 13.1. The van der Waals surface area contributed by atoms with E-state index in [-0.39, 0.29) is 24.0 Å². The molecule has 0 bridgehead atoms. The molecule has 148 valence electrons. The summed E-state index contributed by atoms with van der Waals surface area (Å²) in [6.45, 7) is 4.98. The van der Waals surface area contributed by atoms with E-state index in [4.69, 9.17) is 14.8 Å². The predicted octanol–water partition coefficient (Wildman–Crippen LogP) is 2.33. The number of nitrogens with zero attached hydrogens (tertiary/aromatic N) is 2. The molecule has 1 unspecified atom stereocenters. The minimum absolute atomic E-state index is 0.0782. The Bertz CT molecular complexity index is 802. The topological polar surface area (TPSA) is 126 Å². The van der Waals surface area contributed by atoms with Crippen molar-refractivity contribution in [3.63, 3.8) is 0 Å². The molecule has 0 radical (unpaired) electrons. The van der Waals surface area contributed by atoms with Gasteiger partial charge < -0.3 is 14.9 Å². The number of ether oxygens (including phenoxy) is 1. The number of nitriles is 1. The lowest BCUT2D eigenvalue weighted by atomic mass is 10.1. The smallest absolute Gasteiger partial charge is 0.408 e. The van der Waals surface area contributed by atoms with Crippen LogP contribution in [-0.2, 0) is 14.4 Å². The number of rotatable bonds is 6. The Morgan fingerprint density at radius 1 is 1.18 bits per heavy atom. The second-order valence-corrected chi connectivity index (χ2v) is 7.11. The molecule has 1 atom stereocenters. The molecule has 28 heavy (non-hydrogen) atoms. The summed E-state index contributed by atoms with van der Waals surface area (Å²) >= 11 is 0. The molecule has 2 rings (SSSR count). The van der Waals surface area contributed by atoms with Crippen LogP contribution in [-0.4, -0.2) is 40.6 Å². The fourth-order valence-electron chi connectivity index (χ4n) is 2.49. The predicted molar refractivity (Wildman–Crippen MR) is 95.7 cm³/mol. The molecule has 1 aromatic rings. The van der Waals surface area contributed by atoms with Gasteiger partial charge in [0.05, 0.1) is 17.2 Å². The summed E-state index contributed by atoms with van der Waals surface area (Å²) < 4.78 is 5.12. The SMILES string of the molecule is CC(C)(C)OC(=O)NC(CCCC#N)C(=O)ON1C(=O)c2ccccc2C1=O. The maximum atomic E-state index is 12.5. The van der Waals surface area contributed by atoms with Gasteiger partial charge in [0.2, 0.25) is 0 Å². The first kappa shape index (κ1) is 20.9. The third kappa shape index (κ3) is 5.07. The highest BCUT2D eigenvalue weighted by Crippen LogP contribution is 2.23. The van der Waals surface area contributed by atoms with Gasteiger partial charge in [-0.3, -0.25) is 9.59 Å². The third-order valence-electron chi connectivity index (χ3n) is 3.69. The molecule has 0 saturated heterocycles. The van der Waals surface area contributed by atoms with E-state index in [2.05, 4.69) is 5.32 Å². The molecule has 1 aromatic carbocycles. The number of amides is 3. The molecule has 0 aromatic heterocycles.